The van der Waals surface area contributed by atoms with Gasteiger partial charge in [-0.05, 0) is 19.1 Å². The third-order valence-electron chi connectivity index (χ3n) is 1.74. The molecule has 1 amide bonds. The number of para-hydroxylation sites is 1. The molecule has 0 aliphatic rings. The Balaban J connectivity index is 2.90. The predicted octanol–water partition coefficient (Wildman–Crippen LogP) is 0.545. The van der Waals surface area contributed by atoms with Gasteiger partial charge in [-0.2, -0.15) is 0 Å². The van der Waals surface area contributed by atoms with Gasteiger partial charge in [-0.15, -0.1) is 0 Å². The largest absolute Gasteiger partial charge is 0.487 e. The van der Waals surface area contributed by atoms with Gasteiger partial charge in [0.25, 0.3) is 5.91 Å². The second-order valence-corrected chi connectivity index (χ2v) is 2.97. The van der Waals surface area contributed by atoms with Crippen LogP contribution in [0.4, 0.5) is 0 Å². The lowest BCUT2D eigenvalue weighted by atomic mass is 10.2. The molecule has 0 saturated carbocycles. The minimum absolute atomic E-state index is 0.104. The summed E-state index contributed by atoms with van der Waals surface area (Å²) in [4.78, 5) is 11.0. The molecule has 0 unspecified atom stereocenters. The maximum absolute atomic E-state index is 11.0. The molecule has 0 radical (unpaired) electrons. The maximum Gasteiger partial charge on any atom is 0.252 e. The van der Waals surface area contributed by atoms with E-state index < -0.39 is 5.91 Å². The quantitative estimate of drug-likeness (QED) is 0.736. The lowest BCUT2D eigenvalue weighted by Crippen LogP contribution is -2.19. The molecule has 14 heavy (non-hydrogen) atoms. The maximum atomic E-state index is 11.0. The second-order valence-electron chi connectivity index (χ2n) is 2.97. The van der Waals surface area contributed by atoms with Crippen molar-refractivity contribution in [1.82, 2.24) is 0 Å². The van der Waals surface area contributed by atoms with Gasteiger partial charge in [0.05, 0.1) is 12.2 Å². The number of amides is 1. The zero-order valence-electron chi connectivity index (χ0n) is 7.93. The van der Waals surface area contributed by atoms with E-state index in [1.807, 2.05) is 0 Å². The van der Waals surface area contributed by atoms with Crippen LogP contribution in [0.25, 0.3) is 0 Å². The Labute approximate surface area is 82.3 Å². The van der Waals surface area contributed by atoms with E-state index in [-0.39, 0.29) is 12.7 Å². The fraction of sp³-hybridized carbons (Fsp3) is 0.300. The summed E-state index contributed by atoms with van der Waals surface area (Å²) in [6, 6.07) is 6.68. The molecule has 0 aliphatic carbocycles. The van der Waals surface area contributed by atoms with Crippen molar-refractivity contribution in [3.63, 3.8) is 0 Å². The van der Waals surface area contributed by atoms with Crippen molar-refractivity contribution in [3.8, 4) is 5.75 Å². The number of nitrogens with two attached hydrogens (primary N) is 1. The highest BCUT2D eigenvalue weighted by atomic mass is 16.5. The molecule has 0 saturated heterocycles. The average molecular weight is 195 g/mol. The summed E-state index contributed by atoms with van der Waals surface area (Å²) >= 11 is 0. The lowest BCUT2D eigenvalue weighted by molar-refractivity contribution is 0.0982. The Bertz CT molecular complexity index is 325. The third-order valence-corrected chi connectivity index (χ3v) is 1.74. The van der Waals surface area contributed by atoms with Gasteiger partial charge in [-0.25, -0.2) is 0 Å². The molecule has 0 heterocycles. The highest BCUT2D eigenvalue weighted by molar-refractivity contribution is 5.95. The number of primary amides is 1. The number of aliphatic hydroxyl groups excluding tert-OH is 1. The molecule has 1 aromatic carbocycles. The predicted molar refractivity (Wildman–Crippen MR) is 52.1 cm³/mol. The van der Waals surface area contributed by atoms with Gasteiger partial charge >= 0.3 is 0 Å². The van der Waals surface area contributed by atoms with Gasteiger partial charge in [0.2, 0.25) is 0 Å². The molecule has 1 rings (SSSR count). The number of carbonyl (C=O) groups excluding carboxylic acids is 1. The fourth-order valence-electron chi connectivity index (χ4n) is 1.03. The molecule has 0 spiro atoms. The first-order chi connectivity index (χ1) is 6.65. The number of hydrogen-bond donors (Lipinski definition) is 2. The highest BCUT2D eigenvalue weighted by Crippen LogP contribution is 2.18. The van der Waals surface area contributed by atoms with Crippen molar-refractivity contribution in [2.24, 2.45) is 5.73 Å². The normalized spacial score (nSPS) is 12.1. The Kier molecular flexibility index (Phi) is 3.48. The molecule has 4 nitrogen and oxygen atoms in total. The molecular formula is C10H13NO3. The van der Waals surface area contributed by atoms with Gasteiger partial charge in [0.15, 0.2) is 0 Å². The van der Waals surface area contributed by atoms with Crippen LogP contribution < -0.4 is 10.5 Å². The first-order valence-electron chi connectivity index (χ1n) is 4.31. The minimum Gasteiger partial charge on any atom is -0.487 e. The number of carbonyl (C=O) groups is 1. The van der Waals surface area contributed by atoms with Gasteiger partial charge in [-0.3, -0.25) is 4.79 Å². The van der Waals surface area contributed by atoms with E-state index in [9.17, 15) is 4.79 Å². The van der Waals surface area contributed by atoms with Crippen LogP contribution in [0.3, 0.4) is 0 Å². The van der Waals surface area contributed by atoms with Crippen molar-refractivity contribution in [3.05, 3.63) is 29.8 Å². The van der Waals surface area contributed by atoms with Crippen LogP contribution in [0.2, 0.25) is 0 Å². The summed E-state index contributed by atoms with van der Waals surface area (Å²) in [6.07, 6.45) is -0.351. The van der Waals surface area contributed by atoms with Crippen LogP contribution in [-0.2, 0) is 0 Å². The zero-order chi connectivity index (χ0) is 10.6. The minimum atomic E-state index is -0.536. The summed E-state index contributed by atoms with van der Waals surface area (Å²) in [5.74, 6) is -0.132. The van der Waals surface area contributed by atoms with E-state index >= 15 is 0 Å². The van der Waals surface area contributed by atoms with Crippen molar-refractivity contribution >= 4 is 5.91 Å². The monoisotopic (exact) mass is 195 g/mol. The molecule has 1 aromatic rings. The van der Waals surface area contributed by atoms with Gasteiger partial charge in [-0.1, -0.05) is 12.1 Å². The Morgan fingerprint density at radius 3 is 2.79 bits per heavy atom. The summed E-state index contributed by atoms with van der Waals surface area (Å²) in [5, 5.41) is 8.78. The van der Waals surface area contributed by atoms with E-state index in [2.05, 4.69) is 0 Å². The smallest absolute Gasteiger partial charge is 0.252 e. The number of aliphatic hydroxyl groups is 1. The van der Waals surface area contributed by atoms with Crippen LogP contribution in [-0.4, -0.2) is 23.7 Å². The molecule has 1 atom stereocenters. The number of ether oxygens (including phenoxy) is 1. The molecule has 0 aliphatic heterocycles. The SMILES string of the molecule is C[C@@H](CO)Oc1ccccc1C(N)=O. The van der Waals surface area contributed by atoms with Crippen LogP contribution in [0.1, 0.15) is 17.3 Å². The number of hydrogen-bond acceptors (Lipinski definition) is 3. The third kappa shape index (κ3) is 2.47. The van der Waals surface area contributed by atoms with Gasteiger partial charge < -0.3 is 15.6 Å². The van der Waals surface area contributed by atoms with E-state index in [1.165, 1.54) is 0 Å². The molecular weight excluding hydrogens is 182 g/mol. The summed E-state index contributed by atoms with van der Waals surface area (Å²) < 4.78 is 5.31. The van der Waals surface area contributed by atoms with Crippen LogP contribution in [0.15, 0.2) is 24.3 Å². The standard InChI is InChI=1S/C10H13NO3/c1-7(6-12)14-9-5-3-2-4-8(9)10(11)13/h2-5,7,12H,6H2,1H3,(H2,11,13)/t7-/m0/s1. The molecule has 0 fully saturated rings. The first kappa shape index (κ1) is 10.5. The molecule has 0 bridgehead atoms. The van der Waals surface area contributed by atoms with Crippen molar-refractivity contribution in [2.75, 3.05) is 6.61 Å². The molecule has 76 valence electrons. The van der Waals surface area contributed by atoms with E-state index in [0.29, 0.717) is 11.3 Å². The summed E-state index contributed by atoms with van der Waals surface area (Å²) in [7, 11) is 0. The summed E-state index contributed by atoms with van der Waals surface area (Å²) in [5.41, 5.74) is 5.48. The zero-order valence-corrected chi connectivity index (χ0v) is 7.93. The lowest BCUT2D eigenvalue weighted by Gasteiger charge is -2.13. The van der Waals surface area contributed by atoms with Gasteiger partial charge in [0, 0.05) is 0 Å². The van der Waals surface area contributed by atoms with Crippen molar-refractivity contribution in [2.45, 2.75) is 13.0 Å². The Morgan fingerprint density at radius 1 is 1.57 bits per heavy atom. The summed E-state index contributed by atoms with van der Waals surface area (Å²) in [6.45, 7) is 1.60. The van der Waals surface area contributed by atoms with Crippen LogP contribution in [0, 0.1) is 0 Å². The number of rotatable bonds is 4. The molecule has 3 N–H and O–H groups in total. The van der Waals surface area contributed by atoms with Crippen molar-refractivity contribution in [1.29, 1.82) is 0 Å². The van der Waals surface area contributed by atoms with Crippen LogP contribution in [0.5, 0.6) is 5.75 Å². The Hall–Kier alpha value is -1.55. The van der Waals surface area contributed by atoms with Crippen LogP contribution >= 0.6 is 0 Å². The molecule has 4 heteroatoms. The molecule has 0 aromatic heterocycles. The first-order valence-corrected chi connectivity index (χ1v) is 4.31. The average Bonchev–Trinajstić information content (AvgIpc) is 2.18. The van der Waals surface area contributed by atoms with E-state index in [4.69, 9.17) is 15.6 Å². The Morgan fingerprint density at radius 2 is 2.21 bits per heavy atom. The number of benzene rings is 1. The fourth-order valence-corrected chi connectivity index (χ4v) is 1.03. The topological polar surface area (TPSA) is 72.6 Å². The second kappa shape index (κ2) is 4.62. The highest BCUT2D eigenvalue weighted by Gasteiger charge is 2.10. The van der Waals surface area contributed by atoms with E-state index in [1.54, 1.807) is 31.2 Å². The van der Waals surface area contributed by atoms with E-state index in [0.717, 1.165) is 0 Å². The van der Waals surface area contributed by atoms with Crippen molar-refractivity contribution < 1.29 is 14.6 Å². The van der Waals surface area contributed by atoms with Gasteiger partial charge in [0.1, 0.15) is 11.9 Å².